The molecule has 0 fully saturated rings. The van der Waals surface area contributed by atoms with Crippen LogP contribution in [0.3, 0.4) is 0 Å². The average Bonchev–Trinajstić information content (AvgIpc) is 3.11. The van der Waals surface area contributed by atoms with E-state index in [-0.39, 0.29) is 12.1 Å². The molecule has 0 radical (unpaired) electrons. The van der Waals surface area contributed by atoms with E-state index in [4.69, 9.17) is 9.47 Å². The number of urea groups is 1. The normalized spacial score (nSPS) is 11.7. The van der Waals surface area contributed by atoms with Crippen LogP contribution >= 0.6 is 0 Å². The minimum atomic E-state index is -0.208. The van der Waals surface area contributed by atoms with Gasteiger partial charge < -0.3 is 20.1 Å². The lowest BCUT2D eigenvalue weighted by Gasteiger charge is -2.19. The molecule has 25 heavy (non-hydrogen) atoms. The second-order valence-electron chi connectivity index (χ2n) is 5.70. The molecule has 2 N–H and O–H groups in total. The SMILES string of the molecule is COc1cc(C)c([C@@H](C)NC(=O)NCCCn2cncn2)cc1OC. The molecule has 0 spiro atoms. The third kappa shape index (κ3) is 5.10. The number of aryl methyl sites for hydroxylation is 2. The van der Waals surface area contributed by atoms with Gasteiger partial charge in [-0.1, -0.05) is 0 Å². The first-order chi connectivity index (χ1) is 12.0. The van der Waals surface area contributed by atoms with Crippen LogP contribution in [-0.4, -0.2) is 41.6 Å². The topological polar surface area (TPSA) is 90.3 Å². The third-order valence-electron chi connectivity index (χ3n) is 3.90. The molecule has 136 valence electrons. The van der Waals surface area contributed by atoms with Crippen molar-refractivity contribution in [3.05, 3.63) is 35.9 Å². The maximum absolute atomic E-state index is 12.1. The zero-order valence-electron chi connectivity index (χ0n) is 15.1. The predicted octanol–water partition coefficient (Wildman–Crippen LogP) is 2.05. The third-order valence-corrected chi connectivity index (χ3v) is 3.90. The molecular weight excluding hydrogens is 322 g/mol. The maximum atomic E-state index is 12.1. The molecule has 1 aromatic carbocycles. The highest BCUT2D eigenvalue weighted by molar-refractivity contribution is 5.74. The van der Waals surface area contributed by atoms with Crippen molar-refractivity contribution in [3.63, 3.8) is 0 Å². The van der Waals surface area contributed by atoms with E-state index in [0.717, 1.165) is 17.5 Å². The standard InChI is InChI=1S/C17H25N5O3/c1-12-8-15(24-3)16(25-4)9-14(12)13(2)21-17(23)19-6-5-7-22-11-18-10-20-22/h8-11,13H,5-7H2,1-4H3,(H2,19,21,23)/t13-/m1/s1. The number of benzene rings is 1. The predicted molar refractivity (Wildman–Crippen MR) is 93.9 cm³/mol. The average molecular weight is 347 g/mol. The van der Waals surface area contributed by atoms with Crippen LogP contribution in [0.25, 0.3) is 0 Å². The van der Waals surface area contributed by atoms with Crippen LogP contribution in [-0.2, 0) is 6.54 Å². The summed E-state index contributed by atoms with van der Waals surface area (Å²) in [4.78, 5) is 15.9. The molecule has 0 aliphatic heterocycles. The molecule has 0 saturated heterocycles. The molecule has 2 rings (SSSR count). The van der Waals surface area contributed by atoms with Crippen molar-refractivity contribution in [2.45, 2.75) is 32.9 Å². The number of aromatic nitrogens is 3. The van der Waals surface area contributed by atoms with Crippen LogP contribution in [0.2, 0.25) is 0 Å². The van der Waals surface area contributed by atoms with Crippen LogP contribution in [0.15, 0.2) is 24.8 Å². The Bertz CT molecular complexity index is 688. The van der Waals surface area contributed by atoms with Crippen LogP contribution < -0.4 is 20.1 Å². The summed E-state index contributed by atoms with van der Waals surface area (Å²) in [5.74, 6) is 1.32. The fourth-order valence-electron chi connectivity index (χ4n) is 2.58. The molecule has 0 aliphatic rings. The fraction of sp³-hybridized carbons (Fsp3) is 0.471. The van der Waals surface area contributed by atoms with Gasteiger partial charge in [-0.25, -0.2) is 9.78 Å². The summed E-state index contributed by atoms with van der Waals surface area (Å²) >= 11 is 0. The summed E-state index contributed by atoms with van der Waals surface area (Å²) in [7, 11) is 3.20. The van der Waals surface area contributed by atoms with Crippen molar-refractivity contribution in [1.29, 1.82) is 0 Å². The number of carbonyl (C=O) groups is 1. The number of amides is 2. The van der Waals surface area contributed by atoms with Crippen LogP contribution in [0, 0.1) is 6.92 Å². The van der Waals surface area contributed by atoms with Crippen LogP contribution in [0.5, 0.6) is 11.5 Å². The lowest BCUT2D eigenvalue weighted by atomic mass is 10.0. The van der Waals surface area contributed by atoms with Crippen molar-refractivity contribution in [1.82, 2.24) is 25.4 Å². The quantitative estimate of drug-likeness (QED) is 0.713. The Morgan fingerprint density at radius 1 is 1.28 bits per heavy atom. The highest BCUT2D eigenvalue weighted by Crippen LogP contribution is 2.32. The first kappa shape index (κ1) is 18.6. The Morgan fingerprint density at radius 2 is 2.00 bits per heavy atom. The zero-order valence-corrected chi connectivity index (χ0v) is 15.1. The van der Waals surface area contributed by atoms with E-state index in [1.807, 2.05) is 26.0 Å². The monoisotopic (exact) mass is 347 g/mol. The highest BCUT2D eigenvalue weighted by atomic mass is 16.5. The van der Waals surface area contributed by atoms with Gasteiger partial charge in [-0.15, -0.1) is 0 Å². The van der Waals surface area contributed by atoms with Crippen molar-refractivity contribution in [2.75, 3.05) is 20.8 Å². The van der Waals surface area contributed by atoms with Gasteiger partial charge in [0.25, 0.3) is 0 Å². The number of hydrogen-bond acceptors (Lipinski definition) is 5. The second kappa shape index (κ2) is 8.91. The lowest BCUT2D eigenvalue weighted by Crippen LogP contribution is -2.38. The summed E-state index contributed by atoms with van der Waals surface area (Å²) in [6.07, 6.45) is 3.93. The highest BCUT2D eigenvalue weighted by Gasteiger charge is 2.15. The van der Waals surface area contributed by atoms with Crippen molar-refractivity contribution < 1.29 is 14.3 Å². The van der Waals surface area contributed by atoms with Gasteiger partial charge in [0.05, 0.1) is 20.3 Å². The number of methoxy groups -OCH3 is 2. The first-order valence-corrected chi connectivity index (χ1v) is 8.14. The molecule has 8 nitrogen and oxygen atoms in total. The smallest absolute Gasteiger partial charge is 0.315 e. The van der Waals surface area contributed by atoms with E-state index in [1.165, 1.54) is 6.33 Å². The van der Waals surface area contributed by atoms with Gasteiger partial charge in [-0.05, 0) is 43.5 Å². The van der Waals surface area contributed by atoms with Gasteiger partial charge in [0.1, 0.15) is 12.7 Å². The van der Waals surface area contributed by atoms with Gasteiger partial charge in [0.15, 0.2) is 11.5 Å². The van der Waals surface area contributed by atoms with E-state index in [1.54, 1.807) is 25.2 Å². The number of carbonyl (C=O) groups excluding carboxylic acids is 1. The molecule has 0 bridgehead atoms. The number of nitrogens with one attached hydrogen (secondary N) is 2. The van der Waals surface area contributed by atoms with E-state index in [9.17, 15) is 4.79 Å². The fourth-order valence-corrected chi connectivity index (χ4v) is 2.58. The number of ether oxygens (including phenoxy) is 2. The van der Waals surface area contributed by atoms with Crippen molar-refractivity contribution in [3.8, 4) is 11.5 Å². The number of nitrogens with zero attached hydrogens (tertiary/aromatic N) is 3. The van der Waals surface area contributed by atoms with E-state index in [2.05, 4.69) is 20.7 Å². The van der Waals surface area contributed by atoms with E-state index >= 15 is 0 Å². The van der Waals surface area contributed by atoms with Gasteiger partial charge in [-0.2, -0.15) is 5.10 Å². The minimum absolute atomic E-state index is 0.157. The zero-order chi connectivity index (χ0) is 18.2. The first-order valence-electron chi connectivity index (χ1n) is 8.14. The lowest BCUT2D eigenvalue weighted by molar-refractivity contribution is 0.237. The minimum Gasteiger partial charge on any atom is -0.493 e. The maximum Gasteiger partial charge on any atom is 0.315 e. The van der Waals surface area contributed by atoms with E-state index < -0.39 is 0 Å². The van der Waals surface area contributed by atoms with Gasteiger partial charge in [0, 0.05) is 13.1 Å². The summed E-state index contributed by atoms with van der Waals surface area (Å²) in [6, 6.07) is 3.43. The largest absolute Gasteiger partial charge is 0.493 e. The van der Waals surface area contributed by atoms with Gasteiger partial charge in [0.2, 0.25) is 0 Å². The Kier molecular flexibility index (Phi) is 6.62. The second-order valence-corrected chi connectivity index (χ2v) is 5.70. The van der Waals surface area contributed by atoms with Gasteiger partial charge in [-0.3, -0.25) is 4.68 Å². The molecule has 2 amide bonds. The number of rotatable bonds is 8. The van der Waals surface area contributed by atoms with Crippen molar-refractivity contribution in [2.24, 2.45) is 0 Å². The van der Waals surface area contributed by atoms with Crippen LogP contribution in [0.4, 0.5) is 4.79 Å². The number of hydrogen-bond donors (Lipinski definition) is 2. The molecule has 1 aromatic heterocycles. The van der Waals surface area contributed by atoms with Crippen LogP contribution in [0.1, 0.15) is 30.5 Å². The molecule has 1 heterocycles. The molecule has 0 unspecified atom stereocenters. The van der Waals surface area contributed by atoms with E-state index in [0.29, 0.717) is 24.6 Å². The Balaban J connectivity index is 1.85. The Labute approximate surface area is 147 Å². The molecular formula is C17H25N5O3. The Morgan fingerprint density at radius 3 is 2.64 bits per heavy atom. The Hall–Kier alpha value is -2.77. The summed E-state index contributed by atoms with van der Waals surface area (Å²) in [6.45, 7) is 5.18. The summed E-state index contributed by atoms with van der Waals surface area (Å²) in [5.41, 5.74) is 2.01. The molecule has 8 heteroatoms. The summed E-state index contributed by atoms with van der Waals surface area (Å²) in [5, 5.41) is 9.80. The molecule has 0 aliphatic carbocycles. The van der Waals surface area contributed by atoms with Gasteiger partial charge >= 0.3 is 6.03 Å². The van der Waals surface area contributed by atoms with Crippen molar-refractivity contribution >= 4 is 6.03 Å². The molecule has 1 atom stereocenters. The molecule has 2 aromatic rings. The summed E-state index contributed by atoms with van der Waals surface area (Å²) < 4.78 is 12.4. The molecule has 0 saturated carbocycles.